The first kappa shape index (κ1) is 21.9. The average Bonchev–Trinajstić information content (AvgIpc) is 2.85. The predicted octanol–water partition coefficient (Wildman–Crippen LogP) is 2.54. The van der Waals surface area contributed by atoms with E-state index in [0.717, 1.165) is 0 Å². The van der Waals surface area contributed by atoms with Gasteiger partial charge in [0.25, 0.3) is 5.91 Å². The first-order valence-electron chi connectivity index (χ1n) is 10.4. The van der Waals surface area contributed by atoms with Crippen LogP contribution in [0.3, 0.4) is 0 Å². The van der Waals surface area contributed by atoms with Crippen molar-refractivity contribution in [3.8, 4) is 17.6 Å². The van der Waals surface area contributed by atoms with Crippen LogP contribution in [-0.2, 0) is 4.79 Å². The van der Waals surface area contributed by atoms with Crippen molar-refractivity contribution in [1.82, 2.24) is 15.4 Å². The second-order valence-corrected chi connectivity index (χ2v) is 7.60. The minimum atomic E-state index is -0.715. The van der Waals surface area contributed by atoms with Crippen molar-refractivity contribution in [2.75, 3.05) is 14.2 Å². The van der Waals surface area contributed by atoms with E-state index in [1.165, 1.54) is 24.5 Å². The van der Waals surface area contributed by atoms with Gasteiger partial charge in [0, 0.05) is 47.3 Å². The molecule has 0 fully saturated rings. The molecule has 1 unspecified atom stereocenters. The number of hydrazine groups is 1. The third kappa shape index (κ3) is 3.87. The number of Topliss-reactive ketones (excluding diaryl/α,β-unsaturated/α-hetero) is 1. The van der Waals surface area contributed by atoms with Crippen molar-refractivity contribution in [3.05, 3.63) is 76.5 Å². The van der Waals surface area contributed by atoms with Crippen LogP contribution in [0.15, 0.2) is 65.4 Å². The molecule has 1 atom stereocenters. The van der Waals surface area contributed by atoms with Gasteiger partial charge in [-0.3, -0.25) is 20.0 Å². The molecule has 9 heteroatoms. The van der Waals surface area contributed by atoms with E-state index < -0.39 is 11.8 Å². The summed E-state index contributed by atoms with van der Waals surface area (Å²) in [6, 6.07) is 10.5. The zero-order valence-corrected chi connectivity index (χ0v) is 18.3. The second-order valence-electron chi connectivity index (χ2n) is 7.60. The van der Waals surface area contributed by atoms with Crippen molar-refractivity contribution < 1.29 is 19.1 Å². The van der Waals surface area contributed by atoms with Gasteiger partial charge in [0.15, 0.2) is 5.78 Å². The van der Waals surface area contributed by atoms with E-state index in [9.17, 15) is 14.9 Å². The summed E-state index contributed by atoms with van der Waals surface area (Å²) in [6.07, 6.45) is 4.49. The summed E-state index contributed by atoms with van der Waals surface area (Å²) in [6.45, 7) is 0. The first-order valence-corrected chi connectivity index (χ1v) is 10.4. The Hall–Kier alpha value is -4.32. The lowest BCUT2D eigenvalue weighted by Crippen LogP contribution is -2.48. The van der Waals surface area contributed by atoms with Gasteiger partial charge in [0.2, 0.25) is 0 Å². The molecular formula is C24H23N5O4. The maximum atomic E-state index is 13.2. The van der Waals surface area contributed by atoms with Crippen LogP contribution in [0.2, 0.25) is 0 Å². The minimum Gasteiger partial charge on any atom is -0.497 e. The summed E-state index contributed by atoms with van der Waals surface area (Å²) in [5, 5.41) is 11.4. The molecule has 33 heavy (non-hydrogen) atoms. The van der Waals surface area contributed by atoms with Gasteiger partial charge >= 0.3 is 0 Å². The van der Waals surface area contributed by atoms with Gasteiger partial charge in [0.1, 0.15) is 17.3 Å². The number of ether oxygens (including phenoxy) is 2. The van der Waals surface area contributed by atoms with E-state index in [0.29, 0.717) is 53.2 Å². The molecule has 3 N–H and O–H groups in total. The Morgan fingerprint density at radius 1 is 1.21 bits per heavy atom. The van der Waals surface area contributed by atoms with E-state index in [-0.39, 0.29) is 17.2 Å². The number of nitriles is 1. The van der Waals surface area contributed by atoms with Crippen molar-refractivity contribution >= 4 is 11.7 Å². The first-order chi connectivity index (χ1) is 16.0. The number of hydrogen-bond acceptors (Lipinski definition) is 8. The minimum absolute atomic E-state index is 0.0660. The monoisotopic (exact) mass is 445 g/mol. The Morgan fingerprint density at radius 3 is 2.64 bits per heavy atom. The van der Waals surface area contributed by atoms with Crippen molar-refractivity contribution in [2.24, 2.45) is 5.73 Å². The smallest absolute Gasteiger partial charge is 0.270 e. The van der Waals surface area contributed by atoms with E-state index in [1.54, 1.807) is 37.4 Å². The molecule has 9 nitrogen and oxygen atoms in total. The average molecular weight is 445 g/mol. The number of rotatable bonds is 5. The number of methoxy groups -OCH3 is 2. The fourth-order valence-corrected chi connectivity index (χ4v) is 4.25. The number of pyridine rings is 1. The van der Waals surface area contributed by atoms with E-state index in [1.807, 2.05) is 0 Å². The number of hydrogen-bond donors (Lipinski definition) is 2. The fraction of sp³-hybridized carbons (Fsp3) is 0.250. The molecule has 0 radical (unpaired) electrons. The lowest BCUT2D eigenvalue weighted by Gasteiger charge is -2.39. The van der Waals surface area contributed by atoms with Crippen LogP contribution >= 0.6 is 0 Å². The van der Waals surface area contributed by atoms with Gasteiger partial charge in [-0.05, 0) is 31.0 Å². The number of benzene rings is 1. The molecule has 168 valence electrons. The van der Waals surface area contributed by atoms with Crippen LogP contribution in [0, 0.1) is 11.3 Å². The zero-order valence-electron chi connectivity index (χ0n) is 18.3. The zero-order chi connectivity index (χ0) is 23.5. The maximum Gasteiger partial charge on any atom is 0.270 e. The number of nitrogens with one attached hydrogen (secondary N) is 1. The number of ketones is 1. The molecular weight excluding hydrogens is 422 g/mol. The third-order valence-electron chi connectivity index (χ3n) is 5.82. The molecule has 2 aliphatic rings. The number of carbonyl (C=O) groups is 2. The van der Waals surface area contributed by atoms with Crippen molar-refractivity contribution in [3.63, 3.8) is 0 Å². The molecule has 2 heterocycles. The summed E-state index contributed by atoms with van der Waals surface area (Å²) in [7, 11) is 3.06. The van der Waals surface area contributed by atoms with Crippen molar-refractivity contribution in [2.45, 2.75) is 25.2 Å². The second kappa shape index (κ2) is 9.04. The largest absolute Gasteiger partial charge is 0.497 e. The molecule has 2 aromatic rings. The van der Waals surface area contributed by atoms with Gasteiger partial charge in [-0.1, -0.05) is 6.07 Å². The molecule has 1 aliphatic heterocycles. The Balaban J connectivity index is 1.85. The molecule has 1 aliphatic carbocycles. The third-order valence-corrected chi connectivity index (χ3v) is 5.82. The molecule has 0 bridgehead atoms. The number of nitrogens with zero attached hydrogens (tertiary/aromatic N) is 3. The predicted molar refractivity (Wildman–Crippen MR) is 119 cm³/mol. The topological polar surface area (TPSA) is 131 Å². The van der Waals surface area contributed by atoms with Gasteiger partial charge in [-0.25, -0.2) is 5.01 Å². The molecule has 0 spiro atoms. The highest BCUT2D eigenvalue weighted by Gasteiger charge is 2.41. The Bertz CT molecular complexity index is 1210. The Labute approximate surface area is 191 Å². The number of carbonyl (C=O) groups excluding carboxylic acids is 2. The van der Waals surface area contributed by atoms with Crippen LogP contribution in [0.25, 0.3) is 0 Å². The molecule has 1 amide bonds. The highest BCUT2D eigenvalue weighted by atomic mass is 16.5. The van der Waals surface area contributed by atoms with Crippen molar-refractivity contribution in [1.29, 1.82) is 5.26 Å². The van der Waals surface area contributed by atoms with Crippen LogP contribution in [0.4, 0.5) is 0 Å². The number of amides is 1. The SMILES string of the molecule is COc1ccc(C2C(C#N)=C(N)N(NC(=O)c3ccncc3)C3=C2C(=O)CCC3)c(OC)c1. The maximum absolute atomic E-state index is 13.2. The quantitative estimate of drug-likeness (QED) is 0.718. The molecule has 4 rings (SSSR count). The number of allylic oxidation sites excluding steroid dienone is 3. The van der Waals surface area contributed by atoms with E-state index in [4.69, 9.17) is 15.2 Å². The summed E-state index contributed by atoms with van der Waals surface area (Å²) >= 11 is 0. The van der Waals surface area contributed by atoms with Crippen LogP contribution in [-0.4, -0.2) is 35.9 Å². The van der Waals surface area contributed by atoms with Gasteiger partial charge < -0.3 is 15.2 Å². The summed E-state index contributed by atoms with van der Waals surface area (Å²) in [4.78, 5) is 29.9. The van der Waals surface area contributed by atoms with E-state index >= 15 is 0 Å². The lowest BCUT2D eigenvalue weighted by molar-refractivity contribution is -0.116. The molecule has 0 saturated carbocycles. The Morgan fingerprint density at radius 2 is 1.97 bits per heavy atom. The van der Waals surface area contributed by atoms with E-state index in [2.05, 4.69) is 16.5 Å². The summed E-state index contributed by atoms with van der Waals surface area (Å²) in [5.41, 5.74) is 11.4. The molecule has 0 saturated heterocycles. The standard InChI is InChI=1S/C24H23N5O4/c1-32-15-6-7-16(20(12-15)33-2)21-17(13-25)23(26)29(18-4-3-5-19(30)22(18)21)28-24(31)14-8-10-27-11-9-14/h6-12,21H,3-5,26H2,1-2H3,(H,28,31). The lowest BCUT2D eigenvalue weighted by atomic mass is 9.75. The Kier molecular flexibility index (Phi) is 6.00. The number of nitrogens with two attached hydrogens (primary N) is 1. The number of aromatic nitrogens is 1. The fourth-order valence-electron chi connectivity index (χ4n) is 4.25. The summed E-state index contributed by atoms with van der Waals surface area (Å²) < 4.78 is 10.8. The van der Waals surface area contributed by atoms with Crippen LogP contribution < -0.4 is 20.6 Å². The van der Waals surface area contributed by atoms with Crippen LogP contribution in [0.1, 0.15) is 41.1 Å². The normalized spacial score (nSPS) is 17.9. The highest BCUT2D eigenvalue weighted by Crippen LogP contribution is 2.47. The van der Waals surface area contributed by atoms with Crippen LogP contribution in [0.5, 0.6) is 11.5 Å². The molecule has 1 aromatic heterocycles. The molecule has 1 aromatic carbocycles. The van der Waals surface area contributed by atoms with Gasteiger partial charge in [-0.15, -0.1) is 0 Å². The van der Waals surface area contributed by atoms with Gasteiger partial charge in [-0.2, -0.15) is 5.26 Å². The summed E-state index contributed by atoms with van der Waals surface area (Å²) in [5.74, 6) is -0.119. The highest BCUT2D eigenvalue weighted by molar-refractivity contribution is 6.00. The van der Waals surface area contributed by atoms with Gasteiger partial charge in [0.05, 0.1) is 31.8 Å².